The summed E-state index contributed by atoms with van der Waals surface area (Å²) in [6, 6.07) is 10.5. The van der Waals surface area contributed by atoms with Crippen molar-refractivity contribution in [1.82, 2.24) is 29.1 Å². The molecular formula is C17H17N7. The third-order valence-electron chi connectivity index (χ3n) is 3.80. The van der Waals surface area contributed by atoms with Gasteiger partial charge in [-0.15, -0.1) is 0 Å². The number of benzene rings is 1. The van der Waals surface area contributed by atoms with Crippen molar-refractivity contribution in [1.29, 1.82) is 0 Å². The molecule has 0 fully saturated rings. The molecule has 120 valence electrons. The highest BCUT2D eigenvalue weighted by Crippen LogP contribution is 2.13. The van der Waals surface area contributed by atoms with Crippen LogP contribution >= 0.6 is 0 Å². The van der Waals surface area contributed by atoms with Crippen LogP contribution in [-0.4, -0.2) is 29.1 Å². The Hall–Kier alpha value is -3.22. The van der Waals surface area contributed by atoms with Crippen LogP contribution in [0, 0.1) is 6.92 Å². The maximum atomic E-state index is 4.34. The number of aryl methyl sites for hydroxylation is 1. The quantitative estimate of drug-likeness (QED) is 0.611. The number of hydrogen-bond donors (Lipinski definition) is 1. The first-order valence-corrected chi connectivity index (χ1v) is 7.73. The second-order valence-electron chi connectivity index (χ2n) is 5.66. The largest absolute Gasteiger partial charge is 0.366 e. The number of aromatic nitrogens is 6. The Balaban J connectivity index is 1.46. The third kappa shape index (κ3) is 2.96. The zero-order valence-electron chi connectivity index (χ0n) is 13.3. The Morgan fingerprint density at radius 2 is 1.96 bits per heavy atom. The lowest BCUT2D eigenvalue weighted by atomic mass is 10.1. The summed E-state index contributed by atoms with van der Waals surface area (Å²) in [5, 5.41) is 7.60. The van der Waals surface area contributed by atoms with E-state index in [1.54, 1.807) is 10.7 Å². The van der Waals surface area contributed by atoms with Crippen LogP contribution in [0.5, 0.6) is 0 Å². The van der Waals surface area contributed by atoms with Gasteiger partial charge in [0.15, 0.2) is 0 Å². The Morgan fingerprint density at radius 1 is 1.12 bits per heavy atom. The fourth-order valence-corrected chi connectivity index (χ4v) is 2.60. The summed E-state index contributed by atoms with van der Waals surface area (Å²) in [7, 11) is 0. The second kappa shape index (κ2) is 6.11. The molecule has 0 radical (unpaired) electrons. The van der Waals surface area contributed by atoms with Gasteiger partial charge in [0, 0.05) is 37.2 Å². The molecule has 3 aromatic heterocycles. The standard InChI is InChI=1S/C17H17N7/c1-13-8-16(24-17(22-13)20-11-21-24)19-9-14-2-4-15(5-3-14)10-23-7-6-18-12-23/h2-8,11-12,19H,9-10H2,1H3. The minimum atomic E-state index is 0.605. The van der Waals surface area contributed by atoms with Crippen molar-refractivity contribution in [3.05, 3.63) is 72.2 Å². The molecule has 0 aliphatic heterocycles. The van der Waals surface area contributed by atoms with Crippen LogP contribution in [-0.2, 0) is 13.1 Å². The summed E-state index contributed by atoms with van der Waals surface area (Å²) in [5.74, 6) is 1.49. The first-order valence-electron chi connectivity index (χ1n) is 7.73. The number of anilines is 1. The van der Waals surface area contributed by atoms with Crippen molar-refractivity contribution in [3.8, 4) is 0 Å². The minimum absolute atomic E-state index is 0.605. The highest BCUT2D eigenvalue weighted by Gasteiger charge is 2.05. The molecule has 0 spiro atoms. The van der Waals surface area contributed by atoms with Crippen LogP contribution in [0.15, 0.2) is 55.4 Å². The zero-order valence-corrected chi connectivity index (χ0v) is 13.3. The van der Waals surface area contributed by atoms with E-state index in [-0.39, 0.29) is 0 Å². The number of fused-ring (bicyclic) bond motifs is 1. The van der Waals surface area contributed by atoms with E-state index >= 15 is 0 Å². The highest BCUT2D eigenvalue weighted by molar-refractivity contribution is 5.45. The van der Waals surface area contributed by atoms with Crippen LogP contribution in [0.4, 0.5) is 5.82 Å². The average Bonchev–Trinajstić information content (AvgIpc) is 3.25. The van der Waals surface area contributed by atoms with E-state index < -0.39 is 0 Å². The van der Waals surface area contributed by atoms with Crippen molar-refractivity contribution in [3.63, 3.8) is 0 Å². The first-order chi connectivity index (χ1) is 11.8. The minimum Gasteiger partial charge on any atom is -0.366 e. The van der Waals surface area contributed by atoms with Gasteiger partial charge < -0.3 is 9.88 Å². The van der Waals surface area contributed by atoms with Crippen molar-refractivity contribution >= 4 is 11.6 Å². The normalized spacial score (nSPS) is 11.0. The van der Waals surface area contributed by atoms with Gasteiger partial charge in [-0.25, -0.2) is 9.97 Å². The van der Waals surface area contributed by atoms with Crippen LogP contribution in [0.3, 0.4) is 0 Å². The summed E-state index contributed by atoms with van der Waals surface area (Å²) < 4.78 is 3.76. The SMILES string of the molecule is Cc1cc(NCc2ccc(Cn3ccnc3)cc2)n2ncnc2n1. The Kier molecular flexibility index (Phi) is 3.66. The van der Waals surface area contributed by atoms with Crippen molar-refractivity contribution in [2.45, 2.75) is 20.0 Å². The van der Waals surface area contributed by atoms with Crippen LogP contribution in [0.25, 0.3) is 5.78 Å². The maximum Gasteiger partial charge on any atom is 0.254 e. The fourth-order valence-electron chi connectivity index (χ4n) is 2.60. The lowest BCUT2D eigenvalue weighted by Gasteiger charge is -2.09. The molecule has 0 atom stereocenters. The monoisotopic (exact) mass is 319 g/mol. The number of nitrogens with one attached hydrogen (secondary N) is 1. The molecule has 0 bridgehead atoms. The molecule has 7 nitrogen and oxygen atoms in total. The highest BCUT2D eigenvalue weighted by atomic mass is 15.3. The number of imidazole rings is 1. The van der Waals surface area contributed by atoms with Gasteiger partial charge >= 0.3 is 0 Å². The number of nitrogens with zero attached hydrogens (tertiary/aromatic N) is 6. The molecule has 1 aromatic carbocycles. The molecule has 0 aliphatic rings. The van der Waals surface area contributed by atoms with Crippen molar-refractivity contribution in [2.24, 2.45) is 0 Å². The van der Waals surface area contributed by atoms with Gasteiger partial charge in [-0.2, -0.15) is 14.6 Å². The van der Waals surface area contributed by atoms with Gasteiger partial charge in [-0.05, 0) is 18.1 Å². The molecule has 0 unspecified atom stereocenters. The van der Waals surface area contributed by atoms with E-state index in [0.717, 1.165) is 18.1 Å². The third-order valence-corrected chi connectivity index (χ3v) is 3.80. The van der Waals surface area contributed by atoms with E-state index in [4.69, 9.17) is 0 Å². The molecule has 3 heterocycles. The van der Waals surface area contributed by atoms with Crippen LogP contribution in [0.1, 0.15) is 16.8 Å². The van der Waals surface area contributed by atoms with Gasteiger partial charge in [-0.3, -0.25) is 0 Å². The lowest BCUT2D eigenvalue weighted by Crippen LogP contribution is -2.07. The summed E-state index contributed by atoms with van der Waals surface area (Å²) in [5.41, 5.74) is 3.36. The molecule has 0 saturated carbocycles. The molecular weight excluding hydrogens is 302 g/mol. The molecule has 7 heteroatoms. The van der Waals surface area contributed by atoms with E-state index in [0.29, 0.717) is 12.3 Å². The predicted molar refractivity (Wildman–Crippen MR) is 90.6 cm³/mol. The molecule has 24 heavy (non-hydrogen) atoms. The Morgan fingerprint density at radius 3 is 2.75 bits per heavy atom. The van der Waals surface area contributed by atoms with Crippen LogP contribution in [0.2, 0.25) is 0 Å². The summed E-state index contributed by atoms with van der Waals surface area (Å²) in [6.07, 6.45) is 7.09. The Labute approximate surface area is 139 Å². The number of rotatable bonds is 5. The smallest absolute Gasteiger partial charge is 0.254 e. The van der Waals surface area contributed by atoms with Gasteiger partial charge in [0.2, 0.25) is 0 Å². The topological polar surface area (TPSA) is 72.9 Å². The van der Waals surface area contributed by atoms with Gasteiger partial charge in [0.1, 0.15) is 12.1 Å². The van der Waals surface area contributed by atoms with Gasteiger partial charge in [0.05, 0.1) is 6.33 Å². The molecule has 1 N–H and O–H groups in total. The maximum absolute atomic E-state index is 4.34. The molecule has 0 saturated heterocycles. The molecule has 0 aliphatic carbocycles. The summed E-state index contributed by atoms with van der Waals surface area (Å²) in [6.45, 7) is 3.49. The second-order valence-corrected chi connectivity index (χ2v) is 5.66. The lowest BCUT2D eigenvalue weighted by molar-refractivity contribution is 0.797. The molecule has 4 rings (SSSR count). The van der Waals surface area contributed by atoms with Crippen molar-refractivity contribution < 1.29 is 0 Å². The van der Waals surface area contributed by atoms with Crippen molar-refractivity contribution in [2.75, 3.05) is 5.32 Å². The first kappa shape index (κ1) is 14.4. The number of hydrogen-bond acceptors (Lipinski definition) is 5. The van der Waals surface area contributed by atoms with Crippen LogP contribution < -0.4 is 5.32 Å². The average molecular weight is 319 g/mol. The van der Waals surface area contributed by atoms with Gasteiger partial charge in [-0.1, -0.05) is 24.3 Å². The van der Waals surface area contributed by atoms with E-state index in [1.807, 2.05) is 25.5 Å². The Bertz CT molecular complexity index is 939. The summed E-state index contributed by atoms with van der Waals surface area (Å²) in [4.78, 5) is 12.5. The predicted octanol–water partition coefficient (Wildman–Crippen LogP) is 2.29. The molecule has 4 aromatic rings. The van der Waals surface area contributed by atoms with E-state index in [9.17, 15) is 0 Å². The van der Waals surface area contributed by atoms with Gasteiger partial charge in [0.25, 0.3) is 5.78 Å². The zero-order chi connectivity index (χ0) is 16.4. The van der Waals surface area contributed by atoms with E-state index in [1.165, 1.54) is 17.5 Å². The fraction of sp³-hybridized carbons (Fsp3) is 0.176. The summed E-state index contributed by atoms with van der Waals surface area (Å²) >= 11 is 0. The van der Waals surface area contributed by atoms with E-state index in [2.05, 4.69) is 54.2 Å². The molecule has 0 amide bonds.